The number of carbonyl (C=O) groups excluding carboxylic acids is 1. The third-order valence-corrected chi connectivity index (χ3v) is 3.30. The van der Waals surface area contributed by atoms with Gasteiger partial charge in [-0.3, -0.25) is 4.79 Å². The Morgan fingerprint density at radius 2 is 2.32 bits per heavy atom. The van der Waals surface area contributed by atoms with Crippen molar-refractivity contribution in [3.63, 3.8) is 0 Å². The van der Waals surface area contributed by atoms with Gasteiger partial charge in [-0.25, -0.2) is 0 Å². The molecule has 1 fully saturated rings. The van der Waals surface area contributed by atoms with E-state index in [-0.39, 0.29) is 18.6 Å². The van der Waals surface area contributed by atoms with Gasteiger partial charge in [0.05, 0.1) is 31.4 Å². The number of amides is 1. The third-order valence-electron chi connectivity index (χ3n) is 3.30. The van der Waals surface area contributed by atoms with Gasteiger partial charge in [0.2, 0.25) is 0 Å². The van der Waals surface area contributed by atoms with Gasteiger partial charge < -0.3 is 19.9 Å². The summed E-state index contributed by atoms with van der Waals surface area (Å²) in [5, 5.41) is 12.6. The van der Waals surface area contributed by atoms with Crippen molar-refractivity contribution < 1.29 is 19.4 Å². The van der Waals surface area contributed by atoms with Crippen molar-refractivity contribution in [3.05, 3.63) is 29.3 Å². The molecule has 1 heterocycles. The van der Waals surface area contributed by atoms with Gasteiger partial charge in [0.15, 0.2) is 0 Å². The number of aryl methyl sites for hydroxylation is 1. The molecule has 0 aromatic heterocycles. The molecule has 1 aromatic carbocycles. The van der Waals surface area contributed by atoms with E-state index in [2.05, 4.69) is 5.32 Å². The highest BCUT2D eigenvalue weighted by atomic mass is 16.5. The molecule has 1 aromatic rings. The van der Waals surface area contributed by atoms with E-state index in [1.165, 1.54) is 0 Å². The molecule has 1 saturated heterocycles. The Kier molecular flexibility index (Phi) is 4.39. The summed E-state index contributed by atoms with van der Waals surface area (Å²) >= 11 is 0. The minimum absolute atomic E-state index is 0.230. The zero-order valence-corrected chi connectivity index (χ0v) is 11.2. The summed E-state index contributed by atoms with van der Waals surface area (Å²) in [7, 11) is 1.54. The van der Waals surface area contributed by atoms with E-state index in [4.69, 9.17) is 9.47 Å². The number of ether oxygens (including phenoxy) is 2. The Hall–Kier alpha value is -1.59. The standard InChI is InChI=1S/C14H19NO4/c1-9-4-3-5-10(13(9)18-2)14(17)15-11-6-7-19-8-12(11)16/h3-5,11-12,16H,6-8H2,1-2H3,(H,15,17)/t11-,12-/m1/s1. The van der Waals surface area contributed by atoms with Crippen LogP contribution in [-0.4, -0.2) is 43.5 Å². The van der Waals surface area contributed by atoms with Crippen molar-refractivity contribution in [2.45, 2.75) is 25.5 Å². The quantitative estimate of drug-likeness (QED) is 0.851. The lowest BCUT2D eigenvalue weighted by atomic mass is 10.0. The number of aliphatic hydroxyl groups is 1. The first-order valence-electron chi connectivity index (χ1n) is 6.33. The average Bonchev–Trinajstić information content (AvgIpc) is 2.41. The molecule has 5 nitrogen and oxygen atoms in total. The molecule has 2 atom stereocenters. The lowest BCUT2D eigenvalue weighted by Crippen LogP contribution is -2.48. The average molecular weight is 265 g/mol. The normalized spacial score (nSPS) is 22.9. The minimum atomic E-state index is -0.659. The molecule has 0 saturated carbocycles. The number of carbonyl (C=O) groups is 1. The lowest BCUT2D eigenvalue weighted by Gasteiger charge is -2.28. The summed E-state index contributed by atoms with van der Waals surface area (Å²) in [4.78, 5) is 12.2. The minimum Gasteiger partial charge on any atom is -0.496 e. The highest BCUT2D eigenvalue weighted by Crippen LogP contribution is 2.23. The van der Waals surface area contributed by atoms with Gasteiger partial charge in [-0.05, 0) is 25.0 Å². The van der Waals surface area contributed by atoms with Crippen LogP contribution in [0.15, 0.2) is 18.2 Å². The van der Waals surface area contributed by atoms with E-state index in [0.717, 1.165) is 5.56 Å². The number of hydrogen-bond acceptors (Lipinski definition) is 4. The van der Waals surface area contributed by atoms with Crippen LogP contribution in [0.4, 0.5) is 0 Å². The molecular weight excluding hydrogens is 246 g/mol. The fraction of sp³-hybridized carbons (Fsp3) is 0.500. The number of para-hydroxylation sites is 1. The van der Waals surface area contributed by atoms with Gasteiger partial charge >= 0.3 is 0 Å². The van der Waals surface area contributed by atoms with E-state index in [0.29, 0.717) is 24.3 Å². The topological polar surface area (TPSA) is 67.8 Å². The summed E-state index contributed by atoms with van der Waals surface area (Å²) in [6, 6.07) is 5.14. The van der Waals surface area contributed by atoms with Crippen molar-refractivity contribution in [2.75, 3.05) is 20.3 Å². The highest BCUT2D eigenvalue weighted by Gasteiger charge is 2.26. The van der Waals surface area contributed by atoms with Crippen LogP contribution in [0.5, 0.6) is 5.75 Å². The van der Waals surface area contributed by atoms with Crippen molar-refractivity contribution in [2.24, 2.45) is 0 Å². The Balaban J connectivity index is 2.13. The van der Waals surface area contributed by atoms with Gasteiger partial charge in [-0.15, -0.1) is 0 Å². The van der Waals surface area contributed by atoms with Crippen LogP contribution < -0.4 is 10.1 Å². The van der Waals surface area contributed by atoms with E-state index >= 15 is 0 Å². The maximum atomic E-state index is 12.2. The predicted octanol–water partition coefficient (Wildman–Crippen LogP) is 0.883. The molecule has 0 unspecified atom stereocenters. The summed E-state index contributed by atoms with van der Waals surface area (Å²) in [6.07, 6.45) is -0.0467. The van der Waals surface area contributed by atoms with Crippen LogP contribution in [-0.2, 0) is 4.74 Å². The van der Waals surface area contributed by atoms with E-state index in [9.17, 15) is 9.90 Å². The number of methoxy groups -OCH3 is 1. The maximum Gasteiger partial charge on any atom is 0.255 e. The Bertz CT molecular complexity index is 461. The van der Waals surface area contributed by atoms with Gasteiger partial charge in [-0.1, -0.05) is 12.1 Å². The highest BCUT2D eigenvalue weighted by molar-refractivity contribution is 5.97. The van der Waals surface area contributed by atoms with Crippen molar-refractivity contribution in [1.82, 2.24) is 5.32 Å². The molecule has 0 spiro atoms. The first-order chi connectivity index (χ1) is 9.13. The SMILES string of the molecule is COc1c(C)cccc1C(=O)N[C@@H]1CCOC[C@H]1O. The van der Waals surface area contributed by atoms with Crippen LogP contribution >= 0.6 is 0 Å². The molecule has 1 aliphatic rings. The second-order valence-corrected chi connectivity index (χ2v) is 4.67. The van der Waals surface area contributed by atoms with Crippen LogP contribution in [0.25, 0.3) is 0 Å². The van der Waals surface area contributed by atoms with Crippen molar-refractivity contribution in [3.8, 4) is 5.75 Å². The largest absolute Gasteiger partial charge is 0.496 e. The number of rotatable bonds is 3. The summed E-state index contributed by atoms with van der Waals surface area (Å²) in [6.45, 7) is 2.70. The van der Waals surface area contributed by atoms with Crippen LogP contribution in [0.1, 0.15) is 22.3 Å². The Morgan fingerprint density at radius 1 is 1.53 bits per heavy atom. The molecule has 1 aliphatic heterocycles. The van der Waals surface area contributed by atoms with E-state index in [1.54, 1.807) is 13.2 Å². The van der Waals surface area contributed by atoms with Crippen LogP contribution in [0.3, 0.4) is 0 Å². The molecule has 5 heteroatoms. The number of benzene rings is 1. The molecule has 0 bridgehead atoms. The molecule has 2 N–H and O–H groups in total. The fourth-order valence-electron chi connectivity index (χ4n) is 2.24. The molecule has 2 rings (SSSR count). The molecule has 104 valence electrons. The second kappa shape index (κ2) is 6.04. The van der Waals surface area contributed by atoms with Gasteiger partial charge in [0.25, 0.3) is 5.91 Å². The number of nitrogens with one attached hydrogen (secondary N) is 1. The van der Waals surface area contributed by atoms with Crippen LogP contribution in [0, 0.1) is 6.92 Å². The number of hydrogen-bond donors (Lipinski definition) is 2. The maximum absolute atomic E-state index is 12.2. The van der Waals surface area contributed by atoms with Crippen molar-refractivity contribution >= 4 is 5.91 Å². The fourth-order valence-corrected chi connectivity index (χ4v) is 2.24. The van der Waals surface area contributed by atoms with Crippen molar-refractivity contribution in [1.29, 1.82) is 0 Å². The summed E-state index contributed by atoms with van der Waals surface area (Å²) < 4.78 is 10.4. The van der Waals surface area contributed by atoms with E-state index < -0.39 is 6.10 Å². The first-order valence-corrected chi connectivity index (χ1v) is 6.33. The Morgan fingerprint density at radius 3 is 3.00 bits per heavy atom. The summed E-state index contributed by atoms with van der Waals surface area (Å²) in [5.41, 5.74) is 1.39. The van der Waals surface area contributed by atoms with E-state index in [1.807, 2.05) is 19.1 Å². The van der Waals surface area contributed by atoms with Gasteiger partial charge in [-0.2, -0.15) is 0 Å². The molecule has 0 radical (unpaired) electrons. The smallest absolute Gasteiger partial charge is 0.255 e. The monoisotopic (exact) mass is 265 g/mol. The van der Waals surface area contributed by atoms with Gasteiger partial charge in [0.1, 0.15) is 5.75 Å². The predicted molar refractivity (Wildman–Crippen MR) is 70.4 cm³/mol. The van der Waals surface area contributed by atoms with Gasteiger partial charge in [0, 0.05) is 6.61 Å². The molecular formula is C14H19NO4. The second-order valence-electron chi connectivity index (χ2n) is 4.67. The zero-order chi connectivity index (χ0) is 13.8. The summed E-state index contributed by atoms with van der Waals surface area (Å²) in [5.74, 6) is 0.341. The Labute approximate surface area is 112 Å². The zero-order valence-electron chi connectivity index (χ0n) is 11.2. The molecule has 1 amide bonds. The number of aliphatic hydroxyl groups excluding tert-OH is 1. The lowest BCUT2D eigenvalue weighted by molar-refractivity contribution is -0.0261. The molecule has 0 aliphatic carbocycles. The first kappa shape index (κ1) is 13.8. The van der Waals surface area contributed by atoms with Crippen LogP contribution in [0.2, 0.25) is 0 Å². The third kappa shape index (κ3) is 3.05. The molecule has 19 heavy (non-hydrogen) atoms.